The van der Waals surface area contributed by atoms with Gasteiger partial charge in [0.15, 0.2) is 0 Å². The molecule has 0 saturated carbocycles. The average molecular weight is 186 g/mol. The summed E-state index contributed by atoms with van der Waals surface area (Å²) in [5.74, 6) is 0. The van der Waals surface area contributed by atoms with E-state index in [1.54, 1.807) is 0 Å². The molecule has 0 aliphatic heterocycles. The Morgan fingerprint density at radius 1 is 1.07 bits per heavy atom. The van der Waals surface area contributed by atoms with Crippen LogP contribution in [0.1, 0.15) is 19.5 Å². The molecule has 0 amide bonds. The van der Waals surface area contributed by atoms with Gasteiger partial charge in [-0.15, -0.1) is 0 Å². The van der Waals surface area contributed by atoms with Crippen LogP contribution in [0.2, 0.25) is 0 Å². The van der Waals surface area contributed by atoms with Crippen molar-refractivity contribution in [2.75, 3.05) is 0 Å². The highest BCUT2D eigenvalue weighted by atomic mass is 14.8. The molecule has 0 aliphatic rings. The number of nitrogens with two attached hydrogens (primary N) is 1. The van der Waals surface area contributed by atoms with Gasteiger partial charge in [0.1, 0.15) is 0 Å². The lowest BCUT2D eigenvalue weighted by Crippen LogP contribution is -2.29. The van der Waals surface area contributed by atoms with E-state index in [1.165, 1.54) is 0 Å². The van der Waals surface area contributed by atoms with Crippen molar-refractivity contribution < 1.29 is 0 Å². The van der Waals surface area contributed by atoms with Crippen molar-refractivity contribution in [1.29, 1.82) is 0 Å². The van der Waals surface area contributed by atoms with E-state index in [9.17, 15) is 0 Å². The molecule has 0 radical (unpaired) electrons. The lowest BCUT2D eigenvalue weighted by Gasteiger charge is -2.17. The average Bonchev–Trinajstić information content (AvgIpc) is 2.16. The van der Waals surface area contributed by atoms with Crippen molar-refractivity contribution in [3.63, 3.8) is 0 Å². The molecule has 2 N–H and O–H groups in total. The van der Waals surface area contributed by atoms with Gasteiger partial charge in [-0.05, 0) is 26.0 Å². The monoisotopic (exact) mass is 186 g/mol. The third-order valence-corrected chi connectivity index (χ3v) is 2.26. The predicted octanol–water partition coefficient (Wildman–Crippen LogP) is 2.43. The van der Waals surface area contributed by atoms with Crippen LogP contribution in [-0.2, 0) is 5.54 Å². The molecule has 1 aromatic heterocycles. The lowest BCUT2D eigenvalue weighted by atomic mass is 10.0. The van der Waals surface area contributed by atoms with Gasteiger partial charge < -0.3 is 5.73 Å². The van der Waals surface area contributed by atoms with Crippen molar-refractivity contribution in [2.24, 2.45) is 5.73 Å². The fourth-order valence-corrected chi connectivity index (χ4v) is 1.42. The summed E-state index contributed by atoms with van der Waals surface area (Å²) in [6, 6.07) is 12.1. The van der Waals surface area contributed by atoms with Gasteiger partial charge in [-0.2, -0.15) is 0 Å². The van der Waals surface area contributed by atoms with Crippen LogP contribution < -0.4 is 5.73 Å². The van der Waals surface area contributed by atoms with E-state index in [2.05, 4.69) is 17.1 Å². The summed E-state index contributed by atoms with van der Waals surface area (Å²) in [5, 5.41) is 1.15. The van der Waals surface area contributed by atoms with E-state index < -0.39 is 0 Å². The third-order valence-electron chi connectivity index (χ3n) is 2.26. The largest absolute Gasteiger partial charge is 0.321 e. The van der Waals surface area contributed by atoms with Crippen LogP contribution in [-0.4, -0.2) is 4.98 Å². The maximum atomic E-state index is 5.99. The fourth-order valence-electron chi connectivity index (χ4n) is 1.42. The Balaban J connectivity index is 2.63. The maximum Gasteiger partial charge on any atom is 0.0706 e. The molecule has 0 fully saturated rings. The second-order valence-electron chi connectivity index (χ2n) is 4.11. The van der Waals surface area contributed by atoms with Crippen LogP contribution in [0, 0.1) is 0 Å². The Morgan fingerprint density at radius 3 is 2.50 bits per heavy atom. The molecule has 1 heterocycles. The normalized spacial score (nSPS) is 11.9. The number of hydrogen-bond donors (Lipinski definition) is 1. The number of aromatic nitrogens is 1. The number of pyridine rings is 1. The Bertz CT molecular complexity index is 455. The smallest absolute Gasteiger partial charge is 0.0706 e. The summed E-state index contributed by atoms with van der Waals surface area (Å²) in [4.78, 5) is 4.52. The Hall–Kier alpha value is -1.41. The van der Waals surface area contributed by atoms with Gasteiger partial charge in [0.2, 0.25) is 0 Å². The Morgan fingerprint density at radius 2 is 1.79 bits per heavy atom. The first kappa shape index (κ1) is 9.16. The molecule has 2 nitrogen and oxygen atoms in total. The molecule has 1 aromatic carbocycles. The van der Waals surface area contributed by atoms with Crippen molar-refractivity contribution in [1.82, 2.24) is 4.98 Å². The SMILES string of the molecule is CC(C)(N)c1ccc2ccccc2n1. The lowest BCUT2D eigenvalue weighted by molar-refractivity contribution is 0.537. The number of rotatable bonds is 1. The Labute approximate surface area is 83.8 Å². The zero-order valence-corrected chi connectivity index (χ0v) is 8.49. The fraction of sp³-hybridized carbons (Fsp3) is 0.250. The number of nitrogens with zero attached hydrogens (tertiary/aromatic N) is 1. The van der Waals surface area contributed by atoms with Crippen molar-refractivity contribution in [2.45, 2.75) is 19.4 Å². The molecular weight excluding hydrogens is 172 g/mol. The van der Waals surface area contributed by atoms with Crippen LogP contribution in [0.5, 0.6) is 0 Å². The van der Waals surface area contributed by atoms with Gasteiger partial charge in [0, 0.05) is 5.39 Å². The van der Waals surface area contributed by atoms with Crippen molar-refractivity contribution in [3.8, 4) is 0 Å². The van der Waals surface area contributed by atoms with Gasteiger partial charge >= 0.3 is 0 Å². The maximum absolute atomic E-state index is 5.99. The summed E-state index contributed by atoms with van der Waals surface area (Å²) in [6.07, 6.45) is 0. The molecule has 0 unspecified atom stereocenters. The summed E-state index contributed by atoms with van der Waals surface area (Å²) in [5.41, 5.74) is 7.54. The highest BCUT2D eigenvalue weighted by Gasteiger charge is 2.15. The molecular formula is C12H14N2. The summed E-state index contributed by atoms with van der Waals surface area (Å²) in [6.45, 7) is 3.92. The standard InChI is InChI=1S/C12H14N2/c1-12(2,13)11-8-7-9-5-3-4-6-10(9)14-11/h3-8H,13H2,1-2H3. The molecule has 0 atom stereocenters. The molecule has 2 aromatic rings. The van der Waals surface area contributed by atoms with Crippen LogP contribution in [0.15, 0.2) is 36.4 Å². The first-order valence-electron chi connectivity index (χ1n) is 4.72. The Kier molecular flexibility index (Phi) is 2.01. The van der Waals surface area contributed by atoms with Gasteiger partial charge in [-0.3, -0.25) is 4.98 Å². The highest BCUT2D eigenvalue weighted by Crippen LogP contribution is 2.18. The summed E-state index contributed by atoms with van der Waals surface area (Å²) >= 11 is 0. The summed E-state index contributed by atoms with van der Waals surface area (Å²) < 4.78 is 0. The molecule has 0 saturated heterocycles. The number of para-hydroxylation sites is 1. The quantitative estimate of drug-likeness (QED) is 0.742. The van der Waals surface area contributed by atoms with Crippen LogP contribution >= 0.6 is 0 Å². The van der Waals surface area contributed by atoms with E-state index in [0.29, 0.717) is 0 Å². The minimum absolute atomic E-state index is 0.371. The molecule has 0 aliphatic carbocycles. The molecule has 2 rings (SSSR count). The molecule has 0 spiro atoms. The first-order valence-corrected chi connectivity index (χ1v) is 4.72. The topological polar surface area (TPSA) is 38.9 Å². The minimum atomic E-state index is -0.371. The summed E-state index contributed by atoms with van der Waals surface area (Å²) in [7, 11) is 0. The molecule has 2 heteroatoms. The minimum Gasteiger partial charge on any atom is -0.321 e. The third kappa shape index (κ3) is 1.61. The zero-order chi connectivity index (χ0) is 10.2. The second kappa shape index (κ2) is 3.07. The van der Waals surface area contributed by atoms with Gasteiger partial charge in [-0.25, -0.2) is 0 Å². The van der Waals surface area contributed by atoms with E-state index in [1.807, 2.05) is 38.1 Å². The van der Waals surface area contributed by atoms with Crippen LogP contribution in [0.3, 0.4) is 0 Å². The second-order valence-corrected chi connectivity index (χ2v) is 4.11. The van der Waals surface area contributed by atoms with Gasteiger partial charge in [0.25, 0.3) is 0 Å². The van der Waals surface area contributed by atoms with E-state index in [0.717, 1.165) is 16.6 Å². The van der Waals surface area contributed by atoms with Crippen molar-refractivity contribution in [3.05, 3.63) is 42.1 Å². The molecule has 14 heavy (non-hydrogen) atoms. The number of fused-ring (bicyclic) bond motifs is 1. The number of benzene rings is 1. The predicted molar refractivity (Wildman–Crippen MR) is 59.0 cm³/mol. The highest BCUT2D eigenvalue weighted by molar-refractivity contribution is 5.78. The van der Waals surface area contributed by atoms with Gasteiger partial charge in [-0.1, -0.05) is 24.3 Å². The zero-order valence-electron chi connectivity index (χ0n) is 8.49. The van der Waals surface area contributed by atoms with Crippen molar-refractivity contribution >= 4 is 10.9 Å². The van der Waals surface area contributed by atoms with E-state index in [-0.39, 0.29) is 5.54 Å². The van der Waals surface area contributed by atoms with E-state index in [4.69, 9.17) is 5.73 Å². The van der Waals surface area contributed by atoms with Gasteiger partial charge in [0.05, 0.1) is 16.7 Å². The number of hydrogen-bond acceptors (Lipinski definition) is 2. The van der Waals surface area contributed by atoms with E-state index >= 15 is 0 Å². The van der Waals surface area contributed by atoms with Crippen LogP contribution in [0.25, 0.3) is 10.9 Å². The van der Waals surface area contributed by atoms with Crippen LogP contribution in [0.4, 0.5) is 0 Å². The first-order chi connectivity index (χ1) is 6.57. The molecule has 0 bridgehead atoms. The molecule has 72 valence electrons.